The number of halogens is 3. The number of alkyl halides is 3. The maximum absolute atomic E-state index is 14.2. The van der Waals surface area contributed by atoms with Gasteiger partial charge in [0, 0.05) is 31.3 Å². The summed E-state index contributed by atoms with van der Waals surface area (Å²) in [5.74, 6) is 1.68. The van der Waals surface area contributed by atoms with Gasteiger partial charge in [0.15, 0.2) is 5.82 Å². The number of aryl methyl sites for hydroxylation is 1. The highest BCUT2D eigenvalue weighted by Crippen LogP contribution is 2.37. The minimum absolute atomic E-state index is 0.0122. The molecular formula is C30H29F3N6. The number of piperidine rings is 1. The van der Waals surface area contributed by atoms with Crippen molar-refractivity contribution in [3.63, 3.8) is 0 Å². The lowest BCUT2D eigenvalue weighted by atomic mass is 9.97. The van der Waals surface area contributed by atoms with Crippen LogP contribution in [0.5, 0.6) is 0 Å². The van der Waals surface area contributed by atoms with Gasteiger partial charge in [-0.15, -0.1) is 10.2 Å². The molecule has 1 atom stereocenters. The molecule has 1 aliphatic heterocycles. The molecule has 0 spiro atoms. The molecule has 1 aliphatic rings. The lowest BCUT2D eigenvalue weighted by molar-refractivity contribution is -0.136. The largest absolute Gasteiger partial charge is 0.418 e. The summed E-state index contributed by atoms with van der Waals surface area (Å²) in [5, 5.41) is 8.25. The zero-order valence-corrected chi connectivity index (χ0v) is 21.8. The van der Waals surface area contributed by atoms with E-state index in [1.165, 1.54) is 6.07 Å². The van der Waals surface area contributed by atoms with Gasteiger partial charge in [-0.25, -0.2) is 4.98 Å². The monoisotopic (exact) mass is 530 g/mol. The SMILES string of the molecule is C[C@H]1CCCN(Cc2cc(C(F)(F)F)c3[nH]c(-c4cccc(-c5ccccc5-c5nncn5C)c4)nc3c2)C1. The van der Waals surface area contributed by atoms with E-state index in [4.69, 9.17) is 0 Å². The van der Waals surface area contributed by atoms with E-state index in [9.17, 15) is 13.2 Å². The Morgan fingerprint density at radius 3 is 2.54 bits per heavy atom. The first-order valence-electron chi connectivity index (χ1n) is 13.1. The van der Waals surface area contributed by atoms with E-state index in [0.717, 1.165) is 48.4 Å². The summed E-state index contributed by atoms with van der Waals surface area (Å²) in [6, 6.07) is 18.6. The molecule has 3 heterocycles. The fraction of sp³-hybridized carbons (Fsp3) is 0.300. The van der Waals surface area contributed by atoms with Gasteiger partial charge in [0.25, 0.3) is 0 Å². The Bertz CT molecular complexity index is 1630. The van der Waals surface area contributed by atoms with Gasteiger partial charge in [0.2, 0.25) is 0 Å². The van der Waals surface area contributed by atoms with Crippen molar-refractivity contribution in [1.29, 1.82) is 0 Å². The van der Waals surface area contributed by atoms with E-state index in [2.05, 4.69) is 32.0 Å². The highest BCUT2D eigenvalue weighted by molar-refractivity contribution is 5.86. The minimum atomic E-state index is -4.50. The van der Waals surface area contributed by atoms with E-state index in [1.54, 1.807) is 12.4 Å². The van der Waals surface area contributed by atoms with Gasteiger partial charge < -0.3 is 9.55 Å². The Labute approximate surface area is 224 Å². The first kappa shape index (κ1) is 25.3. The Morgan fingerprint density at radius 2 is 1.79 bits per heavy atom. The van der Waals surface area contributed by atoms with Crippen LogP contribution in [0.3, 0.4) is 0 Å². The normalized spacial score (nSPS) is 16.7. The molecule has 5 aromatic rings. The molecular weight excluding hydrogens is 501 g/mol. The molecule has 1 N–H and O–H groups in total. The van der Waals surface area contributed by atoms with Crippen molar-refractivity contribution >= 4 is 11.0 Å². The highest BCUT2D eigenvalue weighted by Gasteiger charge is 2.34. The van der Waals surface area contributed by atoms with Gasteiger partial charge >= 0.3 is 6.18 Å². The number of hydrogen-bond donors (Lipinski definition) is 1. The molecule has 200 valence electrons. The van der Waals surface area contributed by atoms with E-state index in [0.29, 0.717) is 34.9 Å². The molecule has 0 bridgehead atoms. The number of imidazole rings is 1. The second-order valence-corrected chi connectivity index (χ2v) is 10.5. The molecule has 1 saturated heterocycles. The second kappa shape index (κ2) is 9.96. The first-order chi connectivity index (χ1) is 18.8. The standard InChI is InChI=1S/C30H29F3N6/c1-19-7-6-12-39(16-19)17-20-13-25(30(31,32)33)27-26(14-20)35-28(36-27)22-9-5-8-21(15-22)23-10-3-4-11-24(23)29-37-34-18-38(29)2/h3-5,8-11,13-15,18-19H,6-7,12,16-17H2,1-2H3,(H,35,36)/t19-/m0/s1. The fourth-order valence-electron chi connectivity index (χ4n) is 5.60. The number of likely N-dealkylation sites (tertiary alicyclic amines) is 1. The maximum atomic E-state index is 14.2. The number of fused-ring (bicyclic) bond motifs is 1. The van der Waals surface area contributed by atoms with Crippen LogP contribution < -0.4 is 0 Å². The van der Waals surface area contributed by atoms with Crippen LogP contribution in [0.15, 0.2) is 67.0 Å². The molecule has 39 heavy (non-hydrogen) atoms. The number of aromatic nitrogens is 5. The average molecular weight is 531 g/mol. The average Bonchev–Trinajstić information content (AvgIpc) is 3.54. The number of nitrogens with one attached hydrogen (secondary N) is 1. The molecule has 0 radical (unpaired) electrons. The number of hydrogen-bond acceptors (Lipinski definition) is 4. The molecule has 9 heteroatoms. The predicted molar refractivity (Wildman–Crippen MR) is 146 cm³/mol. The summed E-state index contributed by atoms with van der Waals surface area (Å²) in [4.78, 5) is 9.87. The van der Waals surface area contributed by atoms with E-state index in [-0.39, 0.29) is 5.52 Å². The summed E-state index contributed by atoms with van der Waals surface area (Å²) < 4.78 is 44.4. The molecule has 0 unspecified atom stereocenters. The van der Waals surface area contributed by atoms with Crippen LogP contribution in [0.1, 0.15) is 30.9 Å². The minimum Gasteiger partial charge on any atom is -0.337 e. The number of nitrogens with zero attached hydrogens (tertiary/aromatic N) is 5. The van der Waals surface area contributed by atoms with Crippen molar-refractivity contribution < 1.29 is 13.2 Å². The van der Waals surface area contributed by atoms with Gasteiger partial charge in [-0.05, 0) is 60.2 Å². The van der Waals surface area contributed by atoms with Crippen molar-refractivity contribution in [1.82, 2.24) is 29.6 Å². The Hall–Kier alpha value is -3.98. The maximum Gasteiger partial charge on any atom is 0.418 e. The fourth-order valence-corrected chi connectivity index (χ4v) is 5.60. The summed E-state index contributed by atoms with van der Waals surface area (Å²) >= 11 is 0. The molecule has 2 aromatic heterocycles. The molecule has 3 aromatic carbocycles. The zero-order valence-electron chi connectivity index (χ0n) is 21.8. The zero-order chi connectivity index (χ0) is 27.1. The lowest BCUT2D eigenvalue weighted by Gasteiger charge is -2.31. The van der Waals surface area contributed by atoms with Crippen LogP contribution in [0.2, 0.25) is 0 Å². The van der Waals surface area contributed by atoms with Crippen LogP contribution in [-0.4, -0.2) is 42.7 Å². The number of H-pyrrole nitrogens is 1. The third kappa shape index (κ3) is 5.06. The van der Waals surface area contributed by atoms with Gasteiger partial charge in [-0.3, -0.25) is 4.90 Å². The van der Waals surface area contributed by atoms with Crippen molar-refractivity contribution in [2.75, 3.05) is 13.1 Å². The van der Waals surface area contributed by atoms with Crippen molar-refractivity contribution in [3.05, 3.63) is 78.1 Å². The van der Waals surface area contributed by atoms with Crippen LogP contribution in [0, 0.1) is 5.92 Å². The van der Waals surface area contributed by atoms with Crippen LogP contribution in [0.25, 0.3) is 44.9 Å². The van der Waals surface area contributed by atoms with E-state index < -0.39 is 11.7 Å². The van der Waals surface area contributed by atoms with Crippen LogP contribution in [-0.2, 0) is 19.8 Å². The molecule has 6 rings (SSSR count). The molecule has 6 nitrogen and oxygen atoms in total. The van der Waals surface area contributed by atoms with Gasteiger partial charge in [0.1, 0.15) is 12.2 Å². The van der Waals surface area contributed by atoms with E-state index in [1.807, 2.05) is 60.1 Å². The first-order valence-corrected chi connectivity index (χ1v) is 13.1. The van der Waals surface area contributed by atoms with E-state index >= 15 is 0 Å². The second-order valence-electron chi connectivity index (χ2n) is 10.5. The third-order valence-electron chi connectivity index (χ3n) is 7.43. The summed E-state index contributed by atoms with van der Waals surface area (Å²) in [5.41, 5.74) is 3.76. The summed E-state index contributed by atoms with van der Waals surface area (Å²) in [6.45, 7) is 4.47. The Kier molecular flexibility index (Phi) is 6.46. The summed E-state index contributed by atoms with van der Waals surface area (Å²) in [7, 11) is 1.88. The number of rotatable bonds is 5. The summed E-state index contributed by atoms with van der Waals surface area (Å²) in [6.07, 6.45) is -0.619. The van der Waals surface area contributed by atoms with Crippen molar-refractivity contribution in [3.8, 4) is 33.9 Å². The number of benzene rings is 3. The van der Waals surface area contributed by atoms with Crippen LogP contribution in [0.4, 0.5) is 13.2 Å². The molecule has 0 aliphatic carbocycles. The smallest absolute Gasteiger partial charge is 0.337 e. The number of aromatic amines is 1. The molecule has 0 saturated carbocycles. The Balaban J connectivity index is 1.40. The Morgan fingerprint density at radius 1 is 1.00 bits per heavy atom. The lowest BCUT2D eigenvalue weighted by Crippen LogP contribution is -2.33. The quantitative estimate of drug-likeness (QED) is 0.267. The van der Waals surface area contributed by atoms with Gasteiger partial charge in [-0.1, -0.05) is 49.4 Å². The van der Waals surface area contributed by atoms with Gasteiger partial charge in [0.05, 0.1) is 16.6 Å². The van der Waals surface area contributed by atoms with Crippen molar-refractivity contribution in [2.45, 2.75) is 32.5 Å². The third-order valence-corrected chi connectivity index (χ3v) is 7.43. The predicted octanol–water partition coefficient (Wildman–Crippen LogP) is 6.94. The van der Waals surface area contributed by atoms with Crippen molar-refractivity contribution in [2.24, 2.45) is 13.0 Å². The molecule has 1 fully saturated rings. The van der Waals surface area contributed by atoms with Gasteiger partial charge in [-0.2, -0.15) is 13.2 Å². The highest BCUT2D eigenvalue weighted by atomic mass is 19.4. The van der Waals surface area contributed by atoms with Crippen LogP contribution >= 0.6 is 0 Å². The topological polar surface area (TPSA) is 62.6 Å². The molecule has 0 amide bonds.